The van der Waals surface area contributed by atoms with Gasteiger partial charge in [0.15, 0.2) is 0 Å². The number of halogens is 1. The Morgan fingerprint density at radius 3 is 2.43 bits per heavy atom. The fourth-order valence-corrected chi connectivity index (χ4v) is 4.64. The number of aromatic nitrogens is 2. The van der Waals surface area contributed by atoms with E-state index in [0.717, 1.165) is 22.4 Å². The molecule has 4 aromatic rings. The van der Waals surface area contributed by atoms with Crippen molar-refractivity contribution in [3.63, 3.8) is 0 Å². The summed E-state index contributed by atoms with van der Waals surface area (Å²) in [5.41, 5.74) is 10.2. The van der Waals surface area contributed by atoms with Gasteiger partial charge in [0.2, 0.25) is 5.91 Å². The van der Waals surface area contributed by atoms with Crippen LogP contribution in [0, 0.1) is 31.1 Å². The van der Waals surface area contributed by atoms with E-state index in [1.807, 2.05) is 67.0 Å². The molecule has 0 fully saturated rings. The summed E-state index contributed by atoms with van der Waals surface area (Å²) < 4.78 is 7.56. The van der Waals surface area contributed by atoms with Gasteiger partial charge in [-0.25, -0.2) is 4.98 Å². The Hall–Kier alpha value is -2.87. The molecule has 0 radical (unpaired) electrons. The number of fused-ring (bicyclic) bond motifs is 1. The van der Waals surface area contributed by atoms with E-state index in [9.17, 15) is 14.7 Å². The van der Waals surface area contributed by atoms with Crippen molar-refractivity contribution in [1.82, 2.24) is 20.0 Å². The van der Waals surface area contributed by atoms with Crippen molar-refractivity contribution in [3.05, 3.63) is 88.7 Å². The van der Waals surface area contributed by atoms with Crippen LogP contribution in [-0.2, 0) is 11.2 Å². The summed E-state index contributed by atoms with van der Waals surface area (Å²) in [4.78, 5) is 30.0. The smallest absolute Gasteiger partial charge is 0.251 e. The number of carbonyl (C=O) groups is 2. The number of carbonyl (C=O) groups excluding carboxylic acids is 2. The second kappa shape index (κ2) is 15.0. The van der Waals surface area contributed by atoms with Gasteiger partial charge in [0, 0.05) is 66.7 Å². The normalized spacial score (nSPS) is 13.2. The number of aliphatic hydroxyl groups is 1. The van der Waals surface area contributed by atoms with Gasteiger partial charge in [-0.3, -0.25) is 9.59 Å². The third-order valence-electron chi connectivity index (χ3n) is 6.52. The second-order valence-corrected chi connectivity index (χ2v) is 10.8. The number of amides is 2. The average Bonchev–Trinajstić information content (AvgIpc) is 3.37. The molecule has 9 nitrogen and oxygen atoms in total. The number of hydrogen-bond acceptors (Lipinski definition) is 6. The molecule has 2 aromatic heterocycles. The fourth-order valence-electron chi connectivity index (χ4n) is 4.42. The standard InChI is InChI=1S/C31H36ClN5O4.U/c1-18(2)41-28-12-11-23(15-26(28)32)31(40)35-24(16-34-30(39)19(3)33)14-21-7-9-22(10-8-21)27-17-37-13-5-6-25(20(4)38)29(37)36-27;/h5-13,15,17-20,24,38H,14,16,33H2,1-4H3,(H,34,39)(H,35,40);/t19-,20?,24+;/m1./s1. The van der Waals surface area contributed by atoms with Crippen LogP contribution in [0.3, 0.4) is 0 Å². The number of nitrogens with zero attached hydrogens (tertiary/aromatic N) is 2. The molecule has 0 saturated carbocycles. The summed E-state index contributed by atoms with van der Waals surface area (Å²) in [6.45, 7) is 7.32. The summed E-state index contributed by atoms with van der Waals surface area (Å²) >= 11 is 6.34. The van der Waals surface area contributed by atoms with Gasteiger partial charge in [0.05, 0.1) is 35.0 Å². The largest absolute Gasteiger partial charge is 0.489 e. The van der Waals surface area contributed by atoms with Crippen LogP contribution in [0.2, 0.25) is 5.02 Å². The van der Waals surface area contributed by atoms with E-state index in [-0.39, 0.29) is 55.6 Å². The van der Waals surface area contributed by atoms with Crippen molar-refractivity contribution >= 4 is 29.1 Å². The first-order valence-electron chi connectivity index (χ1n) is 13.6. The molecule has 11 heteroatoms. The first-order chi connectivity index (χ1) is 19.5. The van der Waals surface area contributed by atoms with Gasteiger partial charge in [-0.15, -0.1) is 0 Å². The van der Waals surface area contributed by atoms with Gasteiger partial charge in [-0.2, -0.15) is 0 Å². The first kappa shape index (κ1) is 33.6. The number of nitrogens with two attached hydrogens (primary N) is 1. The Morgan fingerprint density at radius 2 is 1.81 bits per heavy atom. The van der Waals surface area contributed by atoms with E-state index in [2.05, 4.69) is 10.6 Å². The summed E-state index contributed by atoms with van der Waals surface area (Å²) in [6.07, 6.45) is 3.60. The van der Waals surface area contributed by atoms with Crippen molar-refractivity contribution < 1.29 is 50.5 Å². The van der Waals surface area contributed by atoms with Gasteiger partial charge >= 0.3 is 0 Å². The van der Waals surface area contributed by atoms with Gasteiger partial charge in [-0.1, -0.05) is 41.9 Å². The number of pyridine rings is 1. The second-order valence-electron chi connectivity index (χ2n) is 10.4. The maximum Gasteiger partial charge on any atom is 0.251 e. The van der Waals surface area contributed by atoms with Crippen molar-refractivity contribution in [1.29, 1.82) is 0 Å². The molecule has 1 unspecified atom stereocenters. The van der Waals surface area contributed by atoms with E-state index in [1.54, 1.807) is 32.0 Å². The van der Waals surface area contributed by atoms with E-state index in [1.165, 1.54) is 0 Å². The van der Waals surface area contributed by atoms with E-state index in [4.69, 9.17) is 27.1 Å². The molecule has 4 rings (SSSR count). The Bertz CT molecular complexity index is 1520. The molecule has 0 aliphatic rings. The number of nitrogens with one attached hydrogen (secondary N) is 2. The van der Waals surface area contributed by atoms with Crippen molar-refractivity contribution in [2.45, 2.75) is 58.4 Å². The predicted molar refractivity (Wildman–Crippen MR) is 160 cm³/mol. The number of aliphatic hydroxyl groups excluding tert-OH is 1. The Morgan fingerprint density at radius 1 is 1.10 bits per heavy atom. The molecule has 2 aromatic carbocycles. The van der Waals surface area contributed by atoms with Crippen LogP contribution in [0.4, 0.5) is 0 Å². The topological polar surface area (TPSA) is 131 Å². The molecule has 42 heavy (non-hydrogen) atoms. The van der Waals surface area contributed by atoms with Crippen LogP contribution < -0.4 is 21.1 Å². The maximum atomic E-state index is 13.1. The van der Waals surface area contributed by atoms with Crippen molar-refractivity contribution in [2.75, 3.05) is 6.54 Å². The molecule has 0 saturated heterocycles. The van der Waals surface area contributed by atoms with Crippen molar-refractivity contribution in [3.8, 4) is 17.0 Å². The Kier molecular flexibility index (Phi) is 12.0. The zero-order valence-corrected chi connectivity index (χ0v) is 29.0. The van der Waals surface area contributed by atoms with E-state index in [0.29, 0.717) is 28.4 Å². The SMILES string of the molecule is CC(C)Oc1ccc(C(=O)N[C@H](CNC(=O)[C@@H](C)N)Cc2ccc(-c3cn4cccc(C(C)O)c4n3)cc2)cc1Cl.[U]. The zero-order chi connectivity index (χ0) is 29.7. The Labute approximate surface area is 274 Å². The first-order valence-corrected chi connectivity index (χ1v) is 13.9. The summed E-state index contributed by atoms with van der Waals surface area (Å²) in [7, 11) is 0. The van der Waals surface area contributed by atoms with E-state index >= 15 is 0 Å². The quantitative estimate of drug-likeness (QED) is 0.179. The third-order valence-corrected chi connectivity index (χ3v) is 6.82. The van der Waals surface area contributed by atoms with E-state index < -0.39 is 18.2 Å². The minimum Gasteiger partial charge on any atom is -0.489 e. The van der Waals surface area contributed by atoms with Gasteiger partial charge in [-0.05, 0) is 63.9 Å². The van der Waals surface area contributed by atoms with Crippen molar-refractivity contribution in [2.24, 2.45) is 5.73 Å². The van der Waals surface area contributed by atoms with Crippen LogP contribution in [0.1, 0.15) is 55.3 Å². The molecule has 5 N–H and O–H groups in total. The minimum absolute atomic E-state index is 0. The summed E-state index contributed by atoms with van der Waals surface area (Å²) in [6, 6.07) is 15.4. The minimum atomic E-state index is -0.669. The summed E-state index contributed by atoms with van der Waals surface area (Å²) in [5, 5.41) is 16.3. The van der Waals surface area contributed by atoms with Gasteiger partial charge < -0.3 is 30.6 Å². The Balaban J connectivity index is 0.00000484. The van der Waals surface area contributed by atoms with Crippen LogP contribution in [-0.4, -0.2) is 51.0 Å². The number of imidazole rings is 1. The van der Waals surface area contributed by atoms with Crippen LogP contribution in [0.5, 0.6) is 5.75 Å². The number of benzene rings is 2. The maximum absolute atomic E-state index is 13.1. The number of hydrogen-bond donors (Lipinski definition) is 4. The monoisotopic (exact) mass is 815 g/mol. The molecule has 0 bridgehead atoms. The van der Waals surface area contributed by atoms with Gasteiger partial charge in [0.25, 0.3) is 5.91 Å². The molecule has 2 amide bonds. The number of rotatable bonds is 11. The molecular weight excluding hydrogens is 780 g/mol. The fraction of sp³-hybridized carbons (Fsp3) is 0.323. The predicted octanol–water partition coefficient (Wildman–Crippen LogP) is 4.30. The van der Waals surface area contributed by atoms with Gasteiger partial charge in [0.1, 0.15) is 11.4 Å². The van der Waals surface area contributed by atoms with Crippen LogP contribution >= 0.6 is 11.6 Å². The summed E-state index contributed by atoms with van der Waals surface area (Å²) in [5.74, 6) is -0.119. The number of ether oxygens (including phenoxy) is 1. The molecule has 0 aliphatic heterocycles. The molecule has 0 aliphatic carbocycles. The van der Waals surface area contributed by atoms with Crippen LogP contribution in [0.15, 0.2) is 67.0 Å². The average molecular weight is 816 g/mol. The zero-order valence-electron chi connectivity index (χ0n) is 24.1. The third kappa shape index (κ3) is 8.59. The molecule has 2 heterocycles. The van der Waals surface area contributed by atoms with Crippen LogP contribution in [0.25, 0.3) is 16.9 Å². The molecule has 220 valence electrons. The molecular formula is C31H36ClN5O4U. The molecule has 3 atom stereocenters. The molecule has 0 spiro atoms.